The van der Waals surface area contributed by atoms with Crippen LogP contribution in [0.25, 0.3) is 0 Å². The molecule has 6 heteroatoms. The van der Waals surface area contributed by atoms with Gasteiger partial charge in [0.15, 0.2) is 0 Å². The van der Waals surface area contributed by atoms with Crippen LogP contribution in [0.2, 0.25) is 0 Å². The molecule has 3 nitrogen and oxygen atoms in total. The van der Waals surface area contributed by atoms with Crippen LogP contribution >= 0.6 is 7.92 Å². The van der Waals surface area contributed by atoms with E-state index in [2.05, 4.69) is 0 Å². The minimum Gasteiger partial charge on any atom is -1.00 e. The molecule has 0 amide bonds. The quantitative estimate of drug-likeness (QED) is 0.397. The molecule has 0 radical (unpaired) electrons. The van der Waals surface area contributed by atoms with Crippen molar-refractivity contribution >= 4 is 34.0 Å². The first kappa shape index (κ1) is 20.3. The molecule has 0 aliphatic carbocycles. The fourth-order valence-electron chi connectivity index (χ4n) is 2.60. The molecule has 3 aromatic rings. The summed E-state index contributed by atoms with van der Waals surface area (Å²) in [5.41, 5.74) is 0.955. The smallest absolute Gasteiger partial charge is 1.00 e. The van der Waals surface area contributed by atoms with Crippen LogP contribution < -0.4 is 45.5 Å². The summed E-state index contributed by atoms with van der Waals surface area (Å²) in [6, 6.07) is 24.7. The minimum absolute atomic E-state index is 0. The van der Waals surface area contributed by atoms with Crippen molar-refractivity contribution in [1.82, 2.24) is 0 Å². The van der Waals surface area contributed by atoms with E-state index in [1.165, 1.54) is 6.07 Å². The normalized spacial score (nSPS) is 11.2. The van der Waals surface area contributed by atoms with E-state index in [9.17, 15) is 13.0 Å². The van der Waals surface area contributed by atoms with E-state index in [4.69, 9.17) is 0 Å². The van der Waals surface area contributed by atoms with Crippen LogP contribution in [0.1, 0.15) is 6.99 Å². The molecule has 0 unspecified atom stereocenters. The Hall–Kier alpha value is -1.000. The fourth-order valence-corrected chi connectivity index (χ4v) is 6.21. The van der Waals surface area contributed by atoms with Gasteiger partial charge >= 0.3 is 29.6 Å². The number of hydrogen-bond acceptors (Lipinski definition) is 2. The monoisotopic (exact) mass is 380 g/mol. The summed E-state index contributed by atoms with van der Waals surface area (Å²) in [4.78, 5) is -0.0214. The Balaban J connectivity index is 0.00000169. The molecule has 0 heterocycles. The predicted molar refractivity (Wildman–Crippen MR) is 101 cm³/mol. The van der Waals surface area contributed by atoms with Gasteiger partial charge in [-0.1, -0.05) is 72.3 Å². The second-order valence-corrected chi connectivity index (χ2v) is 9.03. The van der Waals surface area contributed by atoms with Gasteiger partial charge in [-0.25, -0.2) is 0 Å². The van der Waals surface area contributed by atoms with E-state index in [1.54, 1.807) is 6.07 Å². The van der Waals surface area contributed by atoms with Crippen molar-refractivity contribution in [2.24, 2.45) is 0 Å². The average Bonchev–Trinajstić information content (AvgIpc) is 2.56. The molecule has 0 bridgehead atoms. The molecule has 0 aromatic heterocycles. The molecule has 0 spiro atoms. The zero-order valence-corrected chi connectivity index (χ0v) is 17.8. The van der Waals surface area contributed by atoms with E-state index in [1.807, 2.05) is 73.7 Å². The molecule has 0 atom stereocenters. The van der Waals surface area contributed by atoms with Crippen LogP contribution in [0, 0.1) is 6.92 Å². The molecule has 3 rings (SSSR count). The van der Waals surface area contributed by atoms with Gasteiger partial charge in [0.25, 0.3) is 10.1 Å². The first-order valence-electron chi connectivity index (χ1n) is 7.45. The molecular formula is C19H18NaO3PS. The van der Waals surface area contributed by atoms with Crippen molar-refractivity contribution in [1.29, 1.82) is 0 Å². The van der Waals surface area contributed by atoms with Crippen LogP contribution in [0.15, 0.2) is 83.8 Å². The molecule has 0 aliphatic rings. The third-order valence-corrected chi connectivity index (χ3v) is 7.21. The average molecular weight is 380 g/mol. The first-order valence-corrected chi connectivity index (χ1v) is 10.2. The minimum atomic E-state index is -4.30. The SMILES string of the molecule is Cc1ccc(S(=O)(=O)O)c(P(c2ccccc2)c2ccccc2)c1.[H-].[Na+]. The Labute approximate surface area is 173 Å². The number of benzene rings is 3. The number of hydrogen-bond donors (Lipinski definition) is 1. The molecule has 3 aromatic carbocycles. The summed E-state index contributed by atoms with van der Waals surface area (Å²) < 4.78 is 33.5. The zero-order valence-electron chi connectivity index (χ0n) is 15.1. The first-order chi connectivity index (χ1) is 11.5. The molecule has 1 N–H and O–H groups in total. The summed E-state index contributed by atoms with van der Waals surface area (Å²) in [5, 5.41) is 2.72. The Morgan fingerprint density at radius 3 is 1.76 bits per heavy atom. The van der Waals surface area contributed by atoms with E-state index < -0.39 is 18.0 Å². The Morgan fingerprint density at radius 1 is 0.840 bits per heavy atom. The topological polar surface area (TPSA) is 54.4 Å². The maximum atomic E-state index is 11.9. The maximum absolute atomic E-state index is 11.9. The molecule has 0 aliphatic heterocycles. The zero-order chi connectivity index (χ0) is 17.2. The van der Waals surface area contributed by atoms with Crippen molar-refractivity contribution in [2.45, 2.75) is 11.8 Å². The van der Waals surface area contributed by atoms with Crippen LogP contribution in [0.4, 0.5) is 0 Å². The van der Waals surface area contributed by atoms with E-state index >= 15 is 0 Å². The maximum Gasteiger partial charge on any atom is 1.00 e. The molecule has 0 fully saturated rings. The summed E-state index contributed by atoms with van der Waals surface area (Å²) in [6.07, 6.45) is 0. The molecule has 25 heavy (non-hydrogen) atoms. The van der Waals surface area contributed by atoms with Gasteiger partial charge in [0.1, 0.15) is 4.90 Å². The molecule has 124 valence electrons. The number of rotatable bonds is 4. The van der Waals surface area contributed by atoms with Gasteiger partial charge in [-0.15, -0.1) is 0 Å². The summed E-state index contributed by atoms with van der Waals surface area (Å²) in [6.45, 7) is 1.92. The van der Waals surface area contributed by atoms with Gasteiger partial charge in [0.2, 0.25) is 0 Å². The van der Waals surface area contributed by atoms with Crippen LogP contribution in [-0.2, 0) is 10.1 Å². The van der Waals surface area contributed by atoms with Gasteiger partial charge in [0.05, 0.1) is 0 Å². The number of aryl methyl sites for hydroxylation is 1. The molecule has 0 saturated carbocycles. The third-order valence-electron chi connectivity index (χ3n) is 3.66. The van der Waals surface area contributed by atoms with Crippen molar-refractivity contribution in [2.75, 3.05) is 0 Å². The Kier molecular flexibility index (Phi) is 6.98. The standard InChI is InChI=1S/C19H17O3PS.Na.H/c1-15-12-13-19(24(20,21)22)18(14-15)23(16-8-4-2-5-9-16)17-10-6-3-7-11-17;;/h2-14H,1H3,(H,20,21,22);;/q;+1;-1. The van der Waals surface area contributed by atoms with Gasteiger partial charge in [-0.3, -0.25) is 4.55 Å². The largest absolute Gasteiger partial charge is 1.00 e. The molecular weight excluding hydrogens is 362 g/mol. The second kappa shape index (κ2) is 8.59. The third kappa shape index (κ3) is 4.79. The van der Waals surface area contributed by atoms with Crippen molar-refractivity contribution < 1.29 is 44.0 Å². The summed E-state index contributed by atoms with van der Waals surface area (Å²) >= 11 is 0. The van der Waals surface area contributed by atoms with Gasteiger partial charge in [-0.2, -0.15) is 8.42 Å². The van der Waals surface area contributed by atoms with E-state index in [0.29, 0.717) is 5.30 Å². The van der Waals surface area contributed by atoms with Crippen LogP contribution in [0.5, 0.6) is 0 Å². The van der Waals surface area contributed by atoms with Gasteiger partial charge in [-0.05, 0) is 37.6 Å². The van der Waals surface area contributed by atoms with E-state index in [0.717, 1.165) is 16.2 Å². The second-order valence-electron chi connectivity index (χ2n) is 5.45. The van der Waals surface area contributed by atoms with Crippen LogP contribution in [-0.4, -0.2) is 13.0 Å². The predicted octanol–water partition coefficient (Wildman–Crippen LogP) is 0.116. The van der Waals surface area contributed by atoms with Crippen LogP contribution in [0.3, 0.4) is 0 Å². The Bertz CT molecular complexity index is 912. The van der Waals surface area contributed by atoms with Crippen molar-refractivity contribution in [3.63, 3.8) is 0 Å². The summed E-state index contributed by atoms with van der Waals surface area (Å²) in [7, 11) is -5.38. The van der Waals surface area contributed by atoms with Gasteiger partial charge < -0.3 is 1.43 Å². The Morgan fingerprint density at radius 2 is 1.32 bits per heavy atom. The fraction of sp³-hybridized carbons (Fsp3) is 0.0526. The molecule has 0 saturated heterocycles. The summed E-state index contributed by atoms with van der Waals surface area (Å²) in [5.74, 6) is 0. The van der Waals surface area contributed by atoms with Crippen molar-refractivity contribution in [3.05, 3.63) is 84.4 Å². The van der Waals surface area contributed by atoms with Crippen molar-refractivity contribution in [3.8, 4) is 0 Å². The van der Waals surface area contributed by atoms with Gasteiger partial charge in [0, 0.05) is 5.30 Å². The van der Waals surface area contributed by atoms with E-state index in [-0.39, 0.29) is 35.9 Å².